The number of carbonyl (C=O) groups is 1. The Morgan fingerprint density at radius 1 is 1.11 bits per heavy atom. The number of aliphatic hydroxyl groups is 1. The van der Waals surface area contributed by atoms with Gasteiger partial charge in [0.2, 0.25) is 0 Å². The van der Waals surface area contributed by atoms with E-state index in [2.05, 4.69) is 28.5 Å². The van der Waals surface area contributed by atoms with Gasteiger partial charge in [0, 0.05) is 54.5 Å². The first kappa shape index (κ1) is 17.4. The van der Waals surface area contributed by atoms with E-state index in [-0.39, 0.29) is 12.5 Å². The number of hydrogen-bond donors (Lipinski definition) is 2. The minimum atomic E-state index is -0.111. The van der Waals surface area contributed by atoms with Crippen LogP contribution in [0.25, 0.3) is 10.8 Å². The van der Waals surface area contributed by atoms with Gasteiger partial charge in [-0.15, -0.1) is 0 Å². The van der Waals surface area contributed by atoms with Crippen LogP contribution in [0.3, 0.4) is 0 Å². The largest absolute Gasteiger partial charge is 0.396 e. The van der Waals surface area contributed by atoms with Crippen molar-refractivity contribution in [3.63, 3.8) is 0 Å². The lowest BCUT2D eigenvalue weighted by molar-refractivity contribution is 0.0950. The highest BCUT2D eigenvalue weighted by Gasteiger charge is 2.21. The third kappa shape index (κ3) is 3.73. The van der Waals surface area contributed by atoms with Crippen LogP contribution < -0.4 is 5.32 Å². The van der Waals surface area contributed by atoms with Crippen LogP contribution in [0.15, 0.2) is 59.7 Å². The van der Waals surface area contributed by atoms with Crippen molar-refractivity contribution >= 4 is 28.1 Å². The number of hydrogen-bond acceptors (Lipinski definition) is 4. The van der Waals surface area contributed by atoms with Crippen LogP contribution in [0, 0.1) is 0 Å². The Morgan fingerprint density at radius 3 is 2.81 bits per heavy atom. The van der Waals surface area contributed by atoms with E-state index in [0.717, 1.165) is 28.0 Å². The minimum absolute atomic E-state index is 0.0686. The molecule has 0 saturated heterocycles. The highest BCUT2D eigenvalue weighted by Crippen LogP contribution is 2.30. The van der Waals surface area contributed by atoms with Crippen molar-refractivity contribution in [1.82, 2.24) is 10.3 Å². The van der Waals surface area contributed by atoms with Gasteiger partial charge in [-0.3, -0.25) is 14.8 Å². The average molecular weight is 359 g/mol. The van der Waals surface area contributed by atoms with E-state index in [0.29, 0.717) is 31.4 Å². The fourth-order valence-electron chi connectivity index (χ4n) is 3.40. The molecule has 1 aromatic heterocycles. The minimum Gasteiger partial charge on any atom is -0.396 e. The zero-order chi connectivity index (χ0) is 18.6. The number of pyridine rings is 1. The summed E-state index contributed by atoms with van der Waals surface area (Å²) < 4.78 is 0. The summed E-state index contributed by atoms with van der Waals surface area (Å²) in [4.78, 5) is 21.7. The van der Waals surface area contributed by atoms with E-state index in [1.54, 1.807) is 0 Å². The van der Waals surface area contributed by atoms with Crippen molar-refractivity contribution < 1.29 is 9.90 Å². The molecule has 1 aliphatic rings. The normalized spacial score (nSPS) is 12.7. The molecule has 0 fully saturated rings. The van der Waals surface area contributed by atoms with Gasteiger partial charge < -0.3 is 10.4 Å². The molecule has 0 aliphatic carbocycles. The molecule has 136 valence electrons. The number of aliphatic imine (C=N–C) groups is 1. The molecule has 5 heteroatoms. The van der Waals surface area contributed by atoms with Crippen LogP contribution in [0.1, 0.15) is 28.0 Å². The van der Waals surface area contributed by atoms with Gasteiger partial charge in [-0.05, 0) is 35.6 Å². The molecule has 4 rings (SSSR count). The monoisotopic (exact) mass is 359 g/mol. The second-order valence-corrected chi connectivity index (χ2v) is 6.69. The summed E-state index contributed by atoms with van der Waals surface area (Å²) in [5, 5.41) is 14.0. The Morgan fingerprint density at radius 2 is 1.96 bits per heavy atom. The molecule has 27 heavy (non-hydrogen) atoms. The number of aliphatic hydroxyl groups excluding tert-OH is 1. The molecule has 1 aliphatic heterocycles. The summed E-state index contributed by atoms with van der Waals surface area (Å²) >= 11 is 0. The van der Waals surface area contributed by atoms with E-state index in [1.165, 1.54) is 5.39 Å². The van der Waals surface area contributed by atoms with Gasteiger partial charge in [-0.2, -0.15) is 0 Å². The lowest BCUT2D eigenvalue weighted by atomic mass is 10.00. The van der Waals surface area contributed by atoms with Gasteiger partial charge in [0.25, 0.3) is 5.91 Å². The van der Waals surface area contributed by atoms with Crippen LogP contribution in [0.5, 0.6) is 0 Å². The first-order valence-corrected chi connectivity index (χ1v) is 9.15. The smallest absolute Gasteiger partial charge is 0.251 e. The van der Waals surface area contributed by atoms with E-state index < -0.39 is 0 Å². The van der Waals surface area contributed by atoms with Crippen LogP contribution in [-0.2, 0) is 12.8 Å². The molecule has 3 aromatic rings. The molecule has 1 amide bonds. The van der Waals surface area contributed by atoms with E-state index in [1.807, 2.05) is 36.5 Å². The molecular formula is C22H21N3O2. The average Bonchev–Trinajstić information content (AvgIpc) is 3.10. The molecule has 0 spiro atoms. The van der Waals surface area contributed by atoms with Gasteiger partial charge in [0.15, 0.2) is 0 Å². The second-order valence-electron chi connectivity index (χ2n) is 6.69. The molecular weight excluding hydrogens is 338 g/mol. The fourth-order valence-corrected chi connectivity index (χ4v) is 3.40. The molecule has 0 atom stereocenters. The number of carbonyl (C=O) groups excluding carboxylic acids is 1. The molecule has 0 unspecified atom stereocenters. The number of benzene rings is 2. The summed E-state index contributed by atoms with van der Waals surface area (Å²) in [7, 11) is 0. The standard InChI is InChI=1S/C22H21N3O2/c26-10-4-9-23-22(27)19-7-3-8-21-20(19)13-18(25-21)12-17-11-15-5-1-2-6-16(15)14-24-17/h1-3,5-8,11,14,26H,4,9-10,12-13H2,(H,23,27). The van der Waals surface area contributed by atoms with Gasteiger partial charge in [-0.25, -0.2) is 0 Å². The molecule has 5 nitrogen and oxygen atoms in total. The predicted molar refractivity (Wildman–Crippen MR) is 107 cm³/mol. The van der Waals surface area contributed by atoms with Gasteiger partial charge >= 0.3 is 0 Å². The second kappa shape index (κ2) is 7.68. The highest BCUT2D eigenvalue weighted by atomic mass is 16.3. The molecule has 2 heterocycles. The third-order valence-corrected chi connectivity index (χ3v) is 4.75. The van der Waals surface area contributed by atoms with Crippen LogP contribution in [0.4, 0.5) is 5.69 Å². The summed E-state index contributed by atoms with van der Waals surface area (Å²) in [5.41, 5.74) is 4.49. The number of nitrogens with zero attached hydrogens (tertiary/aromatic N) is 2. The number of fused-ring (bicyclic) bond motifs is 2. The summed E-state index contributed by atoms with van der Waals surface area (Å²) in [5.74, 6) is -0.111. The topological polar surface area (TPSA) is 74.6 Å². The van der Waals surface area contributed by atoms with Crippen molar-refractivity contribution in [2.45, 2.75) is 19.3 Å². The Hall–Kier alpha value is -3.05. The fraction of sp³-hybridized carbons (Fsp3) is 0.227. The summed E-state index contributed by atoms with van der Waals surface area (Å²) in [6.45, 7) is 0.535. The summed E-state index contributed by atoms with van der Waals surface area (Å²) in [6, 6.07) is 15.9. The van der Waals surface area contributed by atoms with Crippen LogP contribution in [-0.4, -0.2) is 34.9 Å². The SMILES string of the molecule is O=C(NCCCO)c1cccc2c1CC(Cc1cc3ccccc3cn1)=N2. The van der Waals surface area contributed by atoms with Crippen molar-refractivity contribution in [1.29, 1.82) is 0 Å². The molecule has 2 aromatic carbocycles. The van der Waals surface area contributed by atoms with Gasteiger partial charge in [-0.1, -0.05) is 30.3 Å². The Balaban J connectivity index is 1.51. The van der Waals surface area contributed by atoms with Gasteiger partial charge in [0.1, 0.15) is 0 Å². The van der Waals surface area contributed by atoms with Gasteiger partial charge in [0.05, 0.1) is 5.69 Å². The quantitative estimate of drug-likeness (QED) is 0.664. The van der Waals surface area contributed by atoms with Crippen molar-refractivity contribution in [3.05, 3.63) is 71.5 Å². The van der Waals surface area contributed by atoms with Crippen molar-refractivity contribution in [3.8, 4) is 0 Å². The molecule has 2 N–H and O–H groups in total. The number of nitrogens with one attached hydrogen (secondary N) is 1. The maximum absolute atomic E-state index is 12.4. The maximum Gasteiger partial charge on any atom is 0.251 e. The van der Waals surface area contributed by atoms with Crippen molar-refractivity contribution in [2.75, 3.05) is 13.2 Å². The number of rotatable bonds is 6. The Labute approximate surface area is 157 Å². The summed E-state index contributed by atoms with van der Waals surface area (Å²) in [6.07, 6.45) is 3.78. The Kier molecular flexibility index (Phi) is 4.94. The van der Waals surface area contributed by atoms with E-state index in [4.69, 9.17) is 10.1 Å². The first-order chi connectivity index (χ1) is 13.2. The maximum atomic E-state index is 12.4. The first-order valence-electron chi connectivity index (χ1n) is 9.15. The highest BCUT2D eigenvalue weighted by molar-refractivity contribution is 6.03. The van der Waals surface area contributed by atoms with Crippen LogP contribution in [0.2, 0.25) is 0 Å². The predicted octanol–water partition coefficient (Wildman–Crippen LogP) is 3.22. The number of amides is 1. The van der Waals surface area contributed by atoms with Crippen LogP contribution >= 0.6 is 0 Å². The molecule has 0 saturated carbocycles. The van der Waals surface area contributed by atoms with Crippen molar-refractivity contribution in [2.24, 2.45) is 4.99 Å². The van der Waals surface area contributed by atoms with E-state index in [9.17, 15) is 4.79 Å². The number of aromatic nitrogens is 1. The molecule has 0 bridgehead atoms. The Bertz CT molecular complexity index is 1030. The zero-order valence-electron chi connectivity index (χ0n) is 15.0. The molecule has 0 radical (unpaired) electrons. The zero-order valence-corrected chi connectivity index (χ0v) is 15.0. The van der Waals surface area contributed by atoms with E-state index >= 15 is 0 Å². The lowest BCUT2D eigenvalue weighted by Gasteiger charge is -2.08. The third-order valence-electron chi connectivity index (χ3n) is 4.75. The lowest BCUT2D eigenvalue weighted by Crippen LogP contribution is -2.26.